The van der Waals surface area contributed by atoms with Gasteiger partial charge in [0, 0.05) is 6.42 Å². The van der Waals surface area contributed by atoms with Crippen molar-refractivity contribution in [3.8, 4) is 0 Å². The number of ketones is 1. The van der Waals surface area contributed by atoms with Crippen LogP contribution >= 0.6 is 0 Å². The van der Waals surface area contributed by atoms with Crippen molar-refractivity contribution in [3.05, 3.63) is 42.0 Å². The first-order valence-electron chi connectivity index (χ1n) is 6.54. The lowest BCUT2D eigenvalue weighted by atomic mass is 10.2. The summed E-state index contributed by atoms with van der Waals surface area (Å²) < 4.78 is 4.89. The standard InChI is InChI=1S/C12H14O2.C4H6O3/c1-2-12(13)14-10-6-9-11-7-4-3-5-8-11;1-3(5)2-4(6)7/h3-9H,2,10H2,1H3;2H2,1H3,(H,6,7). The summed E-state index contributed by atoms with van der Waals surface area (Å²) >= 11 is 0. The minimum absolute atomic E-state index is 0.164. The molecular formula is C16H20O5. The minimum atomic E-state index is -1.06. The summed E-state index contributed by atoms with van der Waals surface area (Å²) in [5.74, 6) is -1.54. The lowest BCUT2D eigenvalue weighted by Gasteiger charge is -1.97. The lowest BCUT2D eigenvalue weighted by Crippen LogP contribution is -2.01. The number of carboxylic acid groups (broad SMARTS) is 1. The maximum absolute atomic E-state index is 10.8. The Kier molecular flexibility index (Phi) is 10.1. The summed E-state index contributed by atoms with van der Waals surface area (Å²) in [5, 5.41) is 7.86. The Morgan fingerprint density at radius 1 is 1.19 bits per heavy atom. The fraction of sp³-hybridized carbons (Fsp3) is 0.312. The number of aliphatic carboxylic acids is 1. The Bertz CT molecular complexity index is 465. The third-order valence-corrected chi connectivity index (χ3v) is 2.14. The van der Waals surface area contributed by atoms with E-state index >= 15 is 0 Å². The van der Waals surface area contributed by atoms with E-state index in [1.807, 2.05) is 42.5 Å². The molecule has 5 heteroatoms. The van der Waals surface area contributed by atoms with Crippen LogP contribution in [0, 0.1) is 0 Å². The normalized spacial score (nSPS) is 9.62. The number of benzene rings is 1. The van der Waals surface area contributed by atoms with Crippen molar-refractivity contribution in [1.29, 1.82) is 0 Å². The molecule has 0 aliphatic carbocycles. The summed E-state index contributed by atoms with van der Waals surface area (Å²) in [5.41, 5.74) is 1.11. The zero-order chi connectivity index (χ0) is 16.1. The predicted octanol–water partition coefficient (Wildman–Crippen LogP) is 2.70. The first-order chi connectivity index (χ1) is 9.95. The maximum Gasteiger partial charge on any atom is 0.310 e. The van der Waals surface area contributed by atoms with Crippen molar-refractivity contribution in [2.75, 3.05) is 6.61 Å². The van der Waals surface area contributed by atoms with Crippen LogP contribution in [0.3, 0.4) is 0 Å². The van der Waals surface area contributed by atoms with Crippen molar-refractivity contribution < 1.29 is 24.2 Å². The number of ether oxygens (including phenoxy) is 1. The molecule has 1 rings (SSSR count). The summed E-state index contributed by atoms with van der Waals surface area (Å²) in [6.45, 7) is 3.37. The quantitative estimate of drug-likeness (QED) is 0.644. The largest absolute Gasteiger partial charge is 0.481 e. The van der Waals surface area contributed by atoms with E-state index in [2.05, 4.69) is 0 Å². The Morgan fingerprint density at radius 2 is 1.81 bits per heavy atom. The van der Waals surface area contributed by atoms with Crippen LogP contribution in [0.25, 0.3) is 6.08 Å². The van der Waals surface area contributed by atoms with Gasteiger partial charge in [-0.2, -0.15) is 0 Å². The third-order valence-electron chi connectivity index (χ3n) is 2.14. The van der Waals surface area contributed by atoms with Crippen molar-refractivity contribution >= 4 is 23.8 Å². The predicted molar refractivity (Wildman–Crippen MR) is 79.7 cm³/mol. The molecule has 114 valence electrons. The lowest BCUT2D eigenvalue weighted by molar-refractivity contribution is -0.142. The first-order valence-corrected chi connectivity index (χ1v) is 6.54. The van der Waals surface area contributed by atoms with E-state index in [0.717, 1.165) is 5.56 Å². The zero-order valence-corrected chi connectivity index (χ0v) is 12.2. The Morgan fingerprint density at radius 3 is 2.24 bits per heavy atom. The zero-order valence-electron chi connectivity index (χ0n) is 12.2. The molecule has 0 spiro atoms. The van der Waals surface area contributed by atoms with Gasteiger partial charge in [0.05, 0.1) is 0 Å². The second kappa shape index (κ2) is 11.4. The molecule has 0 unspecified atom stereocenters. The molecule has 0 radical (unpaired) electrons. The number of rotatable bonds is 6. The van der Waals surface area contributed by atoms with E-state index in [1.54, 1.807) is 6.92 Å². The highest BCUT2D eigenvalue weighted by molar-refractivity contribution is 5.93. The van der Waals surface area contributed by atoms with Gasteiger partial charge in [-0.3, -0.25) is 14.4 Å². The second-order valence-electron chi connectivity index (χ2n) is 4.12. The summed E-state index contributed by atoms with van der Waals surface area (Å²) in [7, 11) is 0. The number of Topliss-reactive ketones (excluding diaryl/α,β-unsaturated/α-hetero) is 1. The van der Waals surface area contributed by atoms with Crippen LogP contribution in [0.5, 0.6) is 0 Å². The average Bonchev–Trinajstić information content (AvgIpc) is 2.43. The Balaban J connectivity index is 0.000000486. The highest BCUT2D eigenvalue weighted by Gasteiger charge is 1.98. The van der Waals surface area contributed by atoms with Gasteiger partial charge in [-0.15, -0.1) is 0 Å². The van der Waals surface area contributed by atoms with E-state index < -0.39 is 5.97 Å². The van der Waals surface area contributed by atoms with Gasteiger partial charge in [-0.25, -0.2) is 0 Å². The van der Waals surface area contributed by atoms with Gasteiger partial charge in [0.1, 0.15) is 18.8 Å². The number of carboxylic acids is 1. The third kappa shape index (κ3) is 12.4. The molecule has 0 bridgehead atoms. The van der Waals surface area contributed by atoms with Crippen LogP contribution in [-0.4, -0.2) is 29.4 Å². The molecule has 0 aliphatic heterocycles. The monoisotopic (exact) mass is 292 g/mol. The summed E-state index contributed by atoms with van der Waals surface area (Å²) in [6.07, 6.45) is 3.84. The van der Waals surface area contributed by atoms with Gasteiger partial charge in [-0.05, 0) is 18.6 Å². The molecule has 0 saturated heterocycles. The SMILES string of the molecule is CC(=O)CC(=O)O.CCC(=O)OCC=Cc1ccccc1. The molecule has 0 saturated carbocycles. The number of hydrogen-bond acceptors (Lipinski definition) is 4. The number of carbonyl (C=O) groups excluding carboxylic acids is 2. The van der Waals surface area contributed by atoms with Crippen molar-refractivity contribution in [2.45, 2.75) is 26.7 Å². The molecule has 0 aliphatic rings. The summed E-state index contributed by atoms with van der Waals surface area (Å²) in [4.78, 5) is 30.2. The van der Waals surface area contributed by atoms with Crippen LogP contribution in [0.4, 0.5) is 0 Å². The topological polar surface area (TPSA) is 80.7 Å². The van der Waals surface area contributed by atoms with Crippen molar-refractivity contribution in [3.63, 3.8) is 0 Å². The molecule has 0 heterocycles. The van der Waals surface area contributed by atoms with Gasteiger partial charge in [-0.1, -0.05) is 43.3 Å². The van der Waals surface area contributed by atoms with Gasteiger partial charge >= 0.3 is 11.9 Å². The molecule has 21 heavy (non-hydrogen) atoms. The molecule has 0 fully saturated rings. The average molecular weight is 292 g/mol. The maximum atomic E-state index is 10.8. The van der Waals surface area contributed by atoms with E-state index in [0.29, 0.717) is 13.0 Å². The van der Waals surface area contributed by atoms with E-state index in [4.69, 9.17) is 9.84 Å². The van der Waals surface area contributed by atoms with Crippen LogP contribution in [-0.2, 0) is 19.1 Å². The molecule has 0 aromatic heterocycles. The smallest absolute Gasteiger partial charge is 0.310 e. The fourth-order valence-corrected chi connectivity index (χ4v) is 1.20. The minimum Gasteiger partial charge on any atom is -0.481 e. The van der Waals surface area contributed by atoms with Crippen molar-refractivity contribution in [2.24, 2.45) is 0 Å². The molecule has 1 aromatic carbocycles. The van der Waals surface area contributed by atoms with Gasteiger partial charge in [0.2, 0.25) is 0 Å². The number of hydrogen-bond donors (Lipinski definition) is 1. The fourth-order valence-electron chi connectivity index (χ4n) is 1.20. The molecule has 5 nitrogen and oxygen atoms in total. The molecule has 0 atom stereocenters. The first kappa shape index (κ1) is 18.6. The number of carbonyl (C=O) groups is 3. The highest BCUT2D eigenvalue weighted by Crippen LogP contribution is 2.00. The summed E-state index contributed by atoms with van der Waals surface area (Å²) in [6, 6.07) is 9.90. The van der Waals surface area contributed by atoms with Crippen molar-refractivity contribution in [1.82, 2.24) is 0 Å². The van der Waals surface area contributed by atoms with Gasteiger partial charge in [0.25, 0.3) is 0 Å². The van der Waals surface area contributed by atoms with E-state index in [1.165, 1.54) is 6.92 Å². The Labute approximate surface area is 124 Å². The van der Waals surface area contributed by atoms with E-state index in [9.17, 15) is 14.4 Å². The van der Waals surface area contributed by atoms with Gasteiger partial charge in [0.15, 0.2) is 0 Å². The molecule has 1 aromatic rings. The Hall–Kier alpha value is -2.43. The van der Waals surface area contributed by atoms with Crippen LogP contribution in [0.2, 0.25) is 0 Å². The molecular weight excluding hydrogens is 272 g/mol. The van der Waals surface area contributed by atoms with Crippen LogP contribution in [0.15, 0.2) is 36.4 Å². The molecule has 1 N–H and O–H groups in total. The van der Waals surface area contributed by atoms with E-state index in [-0.39, 0.29) is 18.2 Å². The number of esters is 1. The highest BCUT2D eigenvalue weighted by atomic mass is 16.5. The van der Waals surface area contributed by atoms with Gasteiger partial charge < -0.3 is 9.84 Å². The second-order valence-corrected chi connectivity index (χ2v) is 4.12. The van der Waals surface area contributed by atoms with Crippen LogP contribution in [0.1, 0.15) is 32.3 Å². The molecule has 0 amide bonds. The van der Waals surface area contributed by atoms with Crippen LogP contribution < -0.4 is 0 Å².